The third-order valence-corrected chi connectivity index (χ3v) is 3.67. The van der Waals surface area contributed by atoms with Crippen LogP contribution in [-0.4, -0.2) is 40.0 Å². The minimum Gasteiger partial charge on any atom is -0.480 e. The minimum atomic E-state index is -0.967. The number of carbonyl (C=O) groups excluding carboxylic acids is 1. The first-order chi connectivity index (χ1) is 7.81. The Morgan fingerprint density at radius 1 is 1.53 bits per heavy atom. The molecule has 1 rings (SSSR count). The number of carboxylic acid groups (broad SMARTS) is 1. The van der Waals surface area contributed by atoms with E-state index in [0.717, 1.165) is 12.8 Å². The van der Waals surface area contributed by atoms with Crippen molar-refractivity contribution in [3.63, 3.8) is 0 Å². The molecule has 0 saturated carbocycles. The lowest BCUT2D eigenvalue weighted by Gasteiger charge is -2.40. The lowest BCUT2D eigenvalue weighted by Crippen LogP contribution is -2.60. The van der Waals surface area contributed by atoms with E-state index in [0.29, 0.717) is 13.0 Å². The van der Waals surface area contributed by atoms with Gasteiger partial charge in [-0.1, -0.05) is 13.8 Å². The number of carboxylic acids is 1. The number of amides is 1. The van der Waals surface area contributed by atoms with Crippen LogP contribution in [-0.2, 0) is 9.59 Å². The van der Waals surface area contributed by atoms with Gasteiger partial charge in [-0.15, -0.1) is 0 Å². The first-order valence-corrected chi connectivity index (χ1v) is 6.14. The Balaban J connectivity index is 2.94. The quantitative estimate of drug-likeness (QED) is 0.767. The largest absolute Gasteiger partial charge is 0.480 e. The predicted molar refractivity (Wildman–Crippen MR) is 64.4 cm³/mol. The summed E-state index contributed by atoms with van der Waals surface area (Å²) in [5, 5.41) is 9.23. The van der Waals surface area contributed by atoms with Crippen molar-refractivity contribution in [2.45, 2.75) is 51.6 Å². The summed E-state index contributed by atoms with van der Waals surface area (Å²) in [6.45, 7) is 5.86. The van der Waals surface area contributed by atoms with Crippen LogP contribution in [0.5, 0.6) is 0 Å². The van der Waals surface area contributed by atoms with E-state index in [1.807, 2.05) is 13.8 Å². The number of piperidine rings is 1. The van der Waals surface area contributed by atoms with Gasteiger partial charge >= 0.3 is 5.97 Å². The van der Waals surface area contributed by atoms with Gasteiger partial charge in [-0.05, 0) is 32.1 Å². The Morgan fingerprint density at radius 2 is 2.12 bits per heavy atom. The van der Waals surface area contributed by atoms with E-state index in [-0.39, 0.29) is 11.8 Å². The van der Waals surface area contributed by atoms with Gasteiger partial charge in [0.2, 0.25) is 5.91 Å². The van der Waals surface area contributed by atoms with Crippen molar-refractivity contribution in [1.82, 2.24) is 4.90 Å². The zero-order valence-corrected chi connectivity index (χ0v) is 10.8. The molecular weight excluding hydrogens is 220 g/mol. The van der Waals surface area contributed by atoms with Crippen molar-refractivity contribution in [2.24, 2.45) is 11.7 Å². The molecule has 5 nitrogen and oxygen atoms in total. The van der Waals surface area contributed by atoms with Crippen molar-refractivity contribution in [3.05, 3.63) is 0 Å². The minimum absolute atomic E-state index is 0.0159. The first kappa shape index (κ1) is 14.0. The highest BCUT2D eigenvalue weighted by atomic mass is 16.4. The summed E-state index contributed by atoms with van der Waals surface area (Å²) < 4.78 is 0. The normalized spacial score (nSPS) is 28.6. The molecule has 5 heteroatoms. The molecule has 0 aromatic carbocycles. The smallest absolute Gasteiger partial charge is 0.326 e. The summed E-state index contributed by atoms with van der Waals surface area (Å²) in [5.41, 5.74) is 4.95. The SMILES string of the molecule is CCC(C)(N)C(=O)N1CCCC(C)C1C(=O)O. The molecule has 3 unspecified atom stereocenters. The van der Waals surface area contributed by atoms with Crippen molar-refractivity contribution in [1.29, 1.82) is 0 Å². The van der Waals surface area contributed by atoms with Gasteiger partial charge in [0, 0.05) is 6.54 Å². The standard InChI is InChI=1S/C12H22N2O3/c1-4-12(3,13)11(17)14-7-5-6-8(2)9(14)10(15)16/h8-9H,4-7,13H2,1-3H3,(H,15,16). The molecule has 1 aliphatic rings. The molecule has 1 saturated heterocycles. The first-order valence-electron chi connectivity index (χ1n) is 6.14. The van der Waals surface area contributed by atoms with E-state index in [9.17, 15) is 14.7 Å². The van der Waals surface area contributed by atoms with Crippen LogP contribution in [0.4, 0.5) is 0 Å². The van der Waals surface area contributed by atoms with E-state index in [1.165, 1.54) is 4.90 Å². The number of rotatable bonds is 3. The molecule has 0 aromatic rings. The van der Waals surface area contributed by atoms with Crippen LogP contribution in [0.3, 0.4) is 0 Å². The third kappa shape index (κ3) is 2.77. The second kappa shape index (κ2) is 5.04. The maximum Gasteiger partial charge on any atom is 0.326 e. The Hall–Kier alpha value is -1.10. The molecule has 0 aliphatic carbocycles. The highest BCUT2D eigenvalue weighted by Gasteiger charge is 2.41. The number of nitrogens with zero attached hydrogens (tertiary/aromatic N) is 1. The Morgan fingerprint density at radius 3 is 2.59 bits per heavy atom. The van der Waals surface area contributed by atoms with Crippen LogP contribution < -0.4 is 5.73 Å². The third-order valence-electron chi connectivity index (χ3n) is 3.67. The van der Waals surface area contributed by atoms with Crippen LogP contribution in [0.15, 0.2) is 0 Å². The van der Waals surface area contributed by atoms with Gasteiger partial charge in [-0.2, -0.15) is 0 Å². The Labute approximate surface area is 102 Å². The van der Waals surface area contributed by atoms with Gasteiger partial charge in [0.05, 0.1) is 5.54 Å². The predicted octanol–water partition coefficient (Wildman–Crippen LogP) is 0.825. The average Bonchev–Trinajstić information content (AvgIpc) is 2.27. The van der Waals surface area contributed by atoms with Gasteiger partial charge in [0.15, 0.2) is 0 Å². The molecule has 1 fully saturated rings. The molecule has 3 N–H and O–H groups in total. The summed E-state index contributed by atoms with van der Waals surface area (Å²) in [4.78, 5) is 25.0. The Bertz CT molecular complexity index is 315. The molecule has 1 amide bonds. The van der Waals surface area contributed by atoms with Crippen molar-refractivity contribution in [2.75, 3.05) is 6.54 Å². The molecule has 0 aromatic heterocycles. The van der Waals surface area contributed by atoms with Crippen molar-refractivity contribution >= 4 is 11.9 Å². The number of carbonyl (C=O) groups is 2. The molecule has 0 radical (unpaired) electrons. The highest BCUT2D eigenvalue weighted by molar-refractivity contribution is 5.90. The van der Waals surface area contributed by atoms with E-state index < -0.39 is 17.6 Å². The van der Waals surface area contributed by atoms with Gasteiger partial charge in [0.1, 0.15) is 6.04 Å². The monoisotopic (exact) mass is 242 g/mol. The molecular formula is C12H22N2O3. The molecule has 98 valence electrons. The van der Waals surface area contributed by atoms with E-state index in [2.05, 4.69) is 0 Å². The van der Waals surface area contributed by atoms with Crippen LogP contribution in [0.2, 0.25) is 0 Å². The van der Waals surface area contributed by atoms with Crippen LogP contribution in [0.1, 0.15) is 40.0 Å². The number of nitrogens with two attached hydrogens (primary N) is 1. The van der Waals surface area contributed by atoms with Crippen LogP contribution in [0.25, 0.3) is 0 Å². The maximum atomic E-state index is 12.2. The summed E-state index contributed by atoms with van der Waals surface area (Å²) in [5.74, 6) is -1.20. The molecule has 1 heterocycles. The number of hydrogen-bond acceptors (Lipinski definition) is 3. The zero-order chi connectivity index (χ0) is 13.2. The number of likely N-dealkylation sites (tertiary alicyclic amines) is 1. The second-order valence-electron chi connectivity index (χ2n) is 5.17. The Kier molecular flexibility index (Phi) is 4.14. The molecule has 1 aliphatic heterocycles. The molecule has 3 atom stereocenters. The lowest BCUT2D eigenvalue weighted by molar-refractivity contribution is -0.157. The lowest BCUT2D eigenvalue weighted by atomic mass is 9.88. The zero-order valence-electron chi connectivity index (χ0n) is 10.8. The molecule has 0 bridgehead atoms. The summed E-state index contributed by atoms with van der Waals surface area (Å²) >= 11 is 0. The van der Waals surface area contributed by atoms with Gasteiger partial charge in [-0.25, -0.2) is 4.79 Å². The molecule has 17 heavy (non-hydrogen) atoms. The van der Waals surface area contributed by atoms with Crippen LogP contribution >= 0.6 is 0 Å². The maximum absolute atomic E-state index is 12.2. The highest BCUT2D eigenvalue weighted by Crippen LogP contribution is 2.26. The van der Waals surface area contributed by atoms with Gasteiger partial charge in [0.25, 0.3) is 0 Å². The average molecular weight is 242 g/mol. The molecule has 0 spiro atoms. The van der Waals surface area contributed by atoms with E-state index in [1.54, 1.807) is 6.92 Å². The van der Waals surface area contributed by atoms with Crippen molar-refractivity contribution < 1.29 is 14.7 Å². The summed E-state index contributed by atoms with van der Waals surface area (Å²) in [6, 6.07) is -0.731. The number of aliphatic carboxylic acids is 1. The summed E-state index contributed by atoms with van der Waals surface area (Å²) in [6.07, 6.45) is 2.19. The van der Waals surface area contributed by atoms with Gasteiger partial charge < -0.3 is 15.7 Å². The fourth-order valence-electron chi connectivity index (χ4n) is 2.27. The van der Waals surface area contributed by atoms with Crippen molar-refractivity contribution in [3.8, 4) is 0 Å². The topological polar surface area (TPSA) is 83.6 Å². The van der Waals surface area contributed by atoms with Crippen LogP contribution in [0, 0.1) is 5.92 Å². The van der Waals surface area contributed by atoms with E-state index >= 15 is 0 Å². The summed E-state index contributed by atoms with van der Waals surface area (Å²) in [7, 11) is 0. The fraction of sp³-hybridized carbons (Fsp3) is 0.833. The second-order valence-corrected chi connectivity index (χ2v) is 5.17. The fourth-order valence-corrected chi connectivity index (χ4v) is 2.27. The number of hydrogen-bond donors (Lipinski definition) is 2. The van der Waals surface area contributed by atoms with Gasteiger partial charge in [-0.3, -0.25) is 4.79 Å². The van der Waals surface area contributed by atoms with E-state index in [4.69, 9.17) is 5.73 Å².